The van der Waals surface area contributed by atoms with Gasteiger partial charge in [-0.3, -0.25) is 0 Å². The van der Waals surface area contributed by atoms with Crippen molar-refractivity contribution in [2.24, 2.45) is 0 Å². The maximum atomic E-state index is 12.5. The number of aromatic nitrogens is 1. The lowest BCUT2D eigenvalue weighted by Gasteiger charge is -2.06. The number of alkyl halides is 3. The highest BCUT2D eigenvalue weighted by atomic mass is 32.1. The van der Waals surface area contributed by atoms with Crippen LogP contribution in [0.5, 0.6) is 0 Å². The lowest BCUT2D eigenvalue weighted by molar-refractivity contribution is -0.137. The summed E-state index contributed by atoms with van der Waals surface area (Å²) in [5.41, 5.74) is 1.11. The molecule has 1 aromatic heterocycles. The van der Waals surface area contributed by atoms with E-state index in [0.717, 1.165) is 33.3 Å². The molecule has 2 rings (SSSR count). The zero-order valence-corrected chi connectivity index (χ0v) is 11.7. The molecule has 0 unspecified atom stereocenters. The van der Waals surface area contributed by atoms with Gasteiger partial charge in [0.25, 0.3) is 0 Å². The molecule has 0 atom stereocenters. The fourth-order valence-corrected chi connectivity index (χ4v) is 2.94. The molecule has 102 valence electrons. The molecule has 5 heteroatoms. The van der Waals surface area contributed by atoms with Crippen molar-refractivity contribution >= 4 is 11.3 Å². The van der Waals surface area contributed by atoms with Gasteiger partial charge in [-0.15, -0.1) is 11.3 Å². The predicted molar refractivity (Wildman–Crippen MR) is 71.4 cm³/mol. The first-order chi connectivity index (χ1) is 8.79. The Balaban J connectivity index is 2.35. The Morgan fingerprint density at radius 2 is 1.68 bits per heavy atom. The molecule has 0 amide bonds. The van der Waals surface area contributed by atoms with Crippen LogP contribution in [-0.4, -0.2) is 4.98 Å². The Kier molecular flexibility index (Phi) is 3.67. The standard InChI is InChI=1S/C14H14F3NS/c1-8(2)12-9(3)19-13(18-12)10-4-6-11(7-5-10)14(15,16)17/h4-8H,1-3H3. The summed E-state index contributed by atoms with van der Waals surface area (Å²) in [7, 11) is 0. The number of benzene rings is 1. The Morgan fingerprint density at radius 3 is 2.11 bits per heavy atom. The molecule has 0 saturated carbocycles. The van der Waals surface area contributed by atoms with Crippen molar-refractivity contribution in [1.82, 2.24) is 4.98 Å². The minimum atomic E-state index is -4.29. The van der Waals surface area contributed by atoms with E-state index in [1.165, 1.54) is 23.5 Å². The maximum absolute atomic E-state index is 12.5. The summed E-state index contributed by atoms with van der Waals surface area (Å²) < 4.78 is 37.4. The van der Waals surface area contributed by atoms with Gasteiger partial charge in [-0.05, 0) is 25.0 Å². The predicted octanol–water partition coefficient (Wildman–Crippen LogP) is 5.26. The van der Waals surface area contributed by atoms with E-state index in [9.17, 15) is 13.2 Å². The monoisotopic (exact) mass is 285 g/mol. The topological polar surface area (TPSA) is 12.9 Å². The third-order valence-electron chi connectivity index (χ3n) is 2.84. The molecule has 0 radical (unpaired) electrons. The summed E-state index contributed by atoms with van der Waals surface area (Å²) >= 11 is 1.52. The molecule has 19 heavy (non-hydrogen) atoms. The Morgan fingerprint density at radius 1 is 1.11 bits per heavy atom. The number of rotatable bonds is 2. The van der Waals surface area contributed by atoms with Crippen LogP contribution in [0.4, 0.5) is 13.2 Å². The van der Waals surface area contributed by atoms with Crippen LogP contribution in [0.15, 0.2) is 24.3 Å². The first-order valence-corrected chi connectivity index (χ1v) is 6.75. The zero-order valence-electron chi connectivity index (χ0n) is 10.9. The average molecular weight is 285 g/mol. The average Bonchev–Trinajstić information content (AvgIpc) is 2.70. The van der Waals surface area contributed by atoms with Crippen LogP contribution in [-0.2, 0) is 6.18 Å². The number of aryl methyl sites for hydroxylation is 1. The molecule has 1 nitrogen and oxygen atoms in total. The van der Waals surface area contributed by atoms with E-state index in [1.54, 1.807) is 0 Å². The number of hydrogen-bond donors (Lipinski definition) is 0. The molecule has 0 fully saturated rings. The highest BCUT2D eigenvalue weighted by Gasteiger charge is 2.30. The number of halogens is 3. The van der Waals surface area contributed by atoms with Gasteiger partial charge in [0.05, 0.1) is 11.3 Å². The molecular weight excluding hydrogens is 271 g/mol. The highest BCUT2D eigenvalue weighted by Crippen LogP contribution is 2.34. The van der Waals surface area contributed by atoms with Crippen molar-refractivity contribution in [3.05, 3.63) is 40.4 Å². The second-order valence-corrected chi connectivity index (χ2v) is 5.89. The van der Waals surface area contributed by atoms with E-state index >= 15 is 0 Å². The molecule has 1 heterocycles. The van der Waals surface area contributed by atoms with Crippen molar-refractivity contribution in [2.75, 3.05) is 0 Å². The minimum absolute atomic E-state index is 0.319. The van der Waals surface area contributed by atoms with E-state index in [2.05, 4.69) is 18.8 Å². The van der Waals surface area contributed by atoms with E-state index in [4.69, 9.17) is 0 Å². The van der Waals surface area contributed by atoms with Crippen molar-refractivity contribution in [3.8, 4) is 10.6 Å². The fraction of sp³-hybridized carbons (Fsp3) is 0.357. The number of hydrogen-bond acceptors (Lipinski definition) is 2. The number of thiazole rings is 1. The smallest absolute Gasteiger partial charge is 0.241 e. The van der Waals surface area contributed by atoms with Crippen LogP contribution < -0.4 is 0 Å². The van der Waals surface area contributed by atoms with E-state index in [0.29, 0.717) is 5.92 Å². The van der Waals surface area contributed by atoms with Gasteiger partial charge in [0.1, 0.15) is 5.01 Å². The molecule has 0 saturated heterocycles. The Hall–Kier alpha value is -1.36. The first-order valence-electron chi connectivity index (χ1n) is 5.94. The number of nitrogens with zero attached hydrogens (tertiary/aromatic N) is 1. The van der Waals surface area contributed by atoms with Crippen molar-refractivity contribution in [2.45, 2.75) is 32.9 Å². The van der Waals surface area contributed by atoms with Crippen LogP contribution in [0, 0.1) is 6.92 Å². The van der Waals surface area contributed by atoms with Crippen LogP contribution >= 0.6 is 11.3 Å². The maximum Gasteiger partial charge on any atom is 0.416 e. The van der Waals surface area contributed by atoms with Gasteiger partial charge in [-0.1, -0.05) is 26.0 Å². The quantitative estimate of drug-likeness (QED) is 0.733. The molecule has 0 spiro atoms. The first kappa shape index (κ1) is 14.1. The van der Waals surface area contributed by atoms with E-state index < -0.39 is 11.7 Å². The van der Waals surface area contributed by atoms with Crippen molar-refractivity contribution < 1.29 is 13.2 Å². The van der Waals surface area contributed by atoms with Crippen LogP contribution in [0.2, 0.25) is 0 Å². The molecule has 0 N–H and O–H groups in total. The lowest BCUT2D eigenvalue weighted by Crippen LogP contribution is -2.03. The highest BCUT2D eigenvalue weighted by molar-refractivity contribution is 7.15. The summed E-state index contributed by atoms with van der Waals surface area (Å²) in [4.78, 5) is 5.62. The van der Waals surface area contributed by atoms with Gasteiger partial charge in [-0.25, -0.2) is 4.98 Å². The van der Waals surface area contributed by atoms with Gasteiger partial charge in [0, 0.05) is 10.4 Å². The summed E-state index contributed by atoms with van der Waals surface area (Å²) in [6.45, 7) is 6.09. The van der Waals surface area contributed by atoms with Gasteiger partial charge >= 0.3 is 6.18 Å². The van der Waals surface area contributed by atoms with Gasteiger partial charge < -0.3 is 0 Å². The zero-order chi connectivity index (χ0) is 14.2. The van der Waals surface area contributed by atoms with Crippen LogP contribution in [0.1, 0.15) is 35.9 Å². The molecule has 0 aliphatic rings. The third-order valence-corrected chi connectivity index (χ3v) is 3.87. The minimum Gasteiger partial charge on any atom is -0.241 e. The Bertz CT molecular complexity index is 567. The molecule has 0 aliphatic heterocycles. The molecular formula is C14H14F3NS. The van der Waals surface area contributed by atoms with E-state index in [1.807, 2.05) is 6.92 Å². The van der Waals surface area contributed by atoms with E-state index in [-0.39, 0.29) is 0 Å². The lowest BCUT2D eigenvalue weighted by atomic mass is 10.1. The Labute approximate surface area is 114 Å². The van der Waals surface area contributed by atoms with Crippen molar-refractivity contribution in [1.29, 1.82) is 0 Å². The van der Waals surface area contributed by atoms with Gasteiger partial charge in [-0.2, -0.15) is 13.2 Å². The largest absolute Gasteiger partial charge is 0.416 e. The summed E-state index contributed by atoms with van der Waals surface area (Å²) in [5, 5.41) is 0.773. The second-order valence-electron chi connectivity index (χ2n) is 4.69. The fourth-order valence-electron chi connectivity index (χ4n) is 1.87. The van der Waals surface area contributed by atoms with Crippen molar-refractivity contribution in [3.63, 3.8) is 0 Å². The SMILES string of the molecule is Cc1sc(-c2ccc(C(F)(F)F)cc2)nc1C(C)C. The third kappa shape index (κ3) is 2.97. The van der Waals surface area contributed by atoms with Crippen LogP contribution in [0.25, 0.3) is 10.6 Å². The second kappa shape index (κ2) is 4.96. The van der Waals surface area contributed by atoms with Gasteiger partial charge in [0.2, 0.25) is 0 Å². The molecule has 1 aromatic carbocycles. The molecule has 2 aromatic rings. The van der Waals surface area contributed by atoms with Gasteiger partial charge in [0.15, 0.2) is 0 Å². The molecule has 0 aliphatic carbocycles. The van der Waals surface area contributed by atoms with Crippen LogP contribution in [0.3, 0.4) is 0 Å². The normalized spacial score (nSPS) is 12.2. The summed E-state index contributed by atoms with van der Waals surface area (Å²) in [6.07, 6.45) is -4.29. The molecule has 0 bridgehead atoms. The summed E-state index contributed by atoms with van der Waals surface area (Å²) in [5.74, 6) is 0.319. The summed E-state index contributed by atoms with van der Waals surface area (Å²) in [6, 6.07) is 5.15.